The minimum absolute atomic E-state index is 0.954. The van der Waals surface area contributed by atoms with Crippen LogP contribution >= 0.6 is 11.3 Å². The molecule has 1 aromatic carbocycles. The molecule has 0 radical (unpaired) electrons. The van der Waals surface area contributed by atoms with E-state index in [4.69, 9.17) is 5.73 Å². The van der Waals surface area contributed by atoms with Crippen molar-refractivity contribution in [1.82, 2.24) is 0 Å². The molecule has 0 bridgehead atoms. The third-order valence-electron chi connectivity index (χ3n) is 2.38. The largest absolute Gasteiger partial charge is 0.397 e. The fourth-order valence-corrected chi connectivity index (χ4v) is 2.47. The third-order valence-corrected chi connectivity index (χ3v) is 3.49. The predicted octanol–water partition coefficient (Wildman–Crippen LogP) is 3.35. The van der Waals surface area contributed by atoms with Crippen LogP contribution in [0.1, 0.15) is 17.4 Å². The van der Waals surface area contributed by atoms with E-state index >= 15 is 0 Å². The summed E-state index contributed by atoms with van der Waals surface area (Å²) in [7, 11) is 0. The van der Waals surface area contributed by atoms with Gasteiger partial charge in [-0.2, -0.15) is 0 Å². The van der Waals surface area contributed by atoms with E-state index in [0.717, 1.165) is 12.1 Å². The normalized spacial score (nSPS) is 10.9. The van der Waals surface area contributed by atoms with Crippen LogP contribution in [-0.4, -0.2) is 0 Å². The van der Waals surface area contributed by atoms with E-state index in [1.54, 1.807) is 11.3 Å². The summed E-state index contributed by atoms with van der Waals surface area (Å²) in [4.78, 5) is 1.23. The van der Waals surface area contributed by atoms with Gasteiger partial charge in [0.2, 0.25) is 0 Å². The summed E-state index contributed by atoms with van der Waals surface area (Å²) in [6, 6.07) is 6.55. The van der Waals surface area contributed by atoms with E-state index in [-0.39, 0.29) is 0 Å². The van der Waals surface area contributed by atoms with Crippen LogP contribution in [0, 0.1) is 6.92 Å². The van der Waals surface area contributed by atoms with E-state index in [9.17, 15) is 0 Å². The molecule has 0 unspecified atom stereocenters. The smallest absolute Gasteiger partial charge is 0.0532 e. The summed E-state index contributed by atoms with van der Waals surface area (Å²) >= 11 is 1.77. The van der Waals surface area contributed by atoms with Gasteiger partial charge in [-0.25, -0.2) is 0 Å². The number of nitrogen functional groups attached to an aromatic ring is 1. The molecule has 13 heavy (non-hydrogen) atoms. The Bertz CT molecular complexity index is 443. The molecule has 0 fully saturated rings. The van der Waals surface area contributed by atoms with E-state index in [1.807, 2.05) is 0 Å². The summed E-state index contributed by atoms with van der Waals surface area (Å²) < 4.78 is 1.30. The number of fused-ring (bicyclic) bond motifs is 1. The lowest BCUT2D eigenvalue weighted by atomic mass is 10.1. The minimum atomic E-state index is 0.954. The number of hydrogen-bond acceptors (Lipinski definition) is 2. The summed E-state index contributed by atoms with van der Waals surface area (Å²) in [6.45, 7) is 4.24. The van der Waals surface area contributed by atoms with Crippen molar-refractivity contribution in [3.63, 3.8) is 0 Å². The van der Waals surface area contributed by atoms with E-state index < -0.39 is 0 Å². The van der Waals surface area contributed by atoms with Gasteiger partial charge in [-0.3, -0.25) is 0 Å². The highest BCUT2D eigenvalue weighted by Gasteiger charge is 2.05. The molecule has 0 amide bonds. The molecule has 0 aliphatic heterocycles. The quantitative estimate of drug-likeness (QED) is 0.735. The van der Waals surface area contributed by atoms with E-state index in [1.165, 1.54) is 20.5 Å². The molecule has 0 aliphatic carbocycles. The molecule has 2 heteroatoms. The maximum absolute atomic E-state index is 5.97. The molecule has 0 saturated carbocycles. The molecule has 0 aliphatic rings. The second-order valence-electron chi connectivity index (χ2n) is 3.26. The Hall–Kier alpha value is -1.02. The van der Waals surface area contributed by atoms with Gasteiger partial charge in [0.1, 0.15) is 0 Å². The molecular weight excluding hydrogens is 178 g/mol. The van der Waals surface area contributed by atoms with Crippen molar-refractivity contribution < 1.29 is 0 Å². The van der Waals surface area contributed by atoms with Crippen molar-refractivity contribution in [1.29, 1.82) is 0 Å². The molecule has 1 heterocycles. The lowest BCUT2D eigenvalue weighted by molar-refractivity contribution is 1.15. The van der Waals surface area contributed by atoms with Gasteiger partial charge in [-0.1, -0.05) is 13.0 Å². The first-order chi connectivity index (χ1) is 6.22. The minimum Gasteiger partial charge on any atom is -0.397 e. The lowest BCUT2D eigenvalue weighted by Gasteiger charge is -1.96. The van der Waals surface area contributed by atoms with Gasteiger partial charge in [0, 0.05) is 15.0 Å². The second-order valence-corrected chi connectivity index (χ2v) is 4.51. The molecular formula is C11H13NS. The van der Waals surface area contributed by atoms with Crippen molar-refractivity contribution in [2.45, 2.75) is 20.3 Å². The second kappa shape index (κ2) is 3.04. The van der Waals surface area contributed by atoms with E-state index in [0.29, 0.717) is 0 Å². The summed E-state index contributed by atoms with van der Waals surface area (Å²) in [5.41, 5.74) is 8.28. The van der Waals surface area contributed by atoms with Crippen molar-refractivity contribution in [2.75, 3.05) is 5.73 Å². The Morgan fingerprint density at radius 3 is 2.85 bits per heavy atom. The van der Waals surface area contributed by atoms with Crippen LogP contribution in [0.25, 0.3) is 10.1 Å². The monoisotopic (exact) mass is 191 g/mol. The van der Waals surface area contributed by atoms with Crippen molar-refractivity contribution >= 4 is 27.1 Å². The van der Waals surface area contributed by atoms with Crippen LogP contribution in [0.5, 0.6) is 0 Å². The number of anilines is 1. The Labute approximate surface area is 82.2 Å². The van der Waals surface area contributed by atoms with Crippen LogP contribution in [0.3, 0.4) is 0 Å². The first-order valence-electron chi connectivity index (χ1n) is 4.50. The molecule has 1 aromatic heterocycles. The number of rotatable bonds is 1. The Morgan fingerprint density at radius 2 is 2.15 bits per heavy atom. The Kier molecular flexibility index (Phi) is 2.00. The maximum Gasteiger partial charge on any atom is 0.0532 e. The highest BCUT2D eigenvalue weighted by Crippen LogP contribution is 2.33. The lowest BCUT2D eigenvalue weighted by Crippen LogP contribution is -1.85. The maximum atomic E-state index is 5.97. The highest BCUT2D eigenvalue weighted by molar-refractivity contribution is 7.19. The van der Waals surface area contributed by atoms with Gasteiger partial charge >= 0.3 is 0 Å². The third kappa shape index (κ3) is 1.31. The standard InChI is InChI=1S/C11H13NS/c1-3-8-4-5-10-9(6-8)11(12)7(2)13-10/h4-6H,3,12H2,1-2H3. The molecule has 0 saturated heterocycles. The summed E-state index contributed by atoms with van der Waals surface area (Å²) in [5, 5.41) is 1.22. The first-order valence-corrected chi connectivity index (χ1v) is 5.31. The first kappa shape index (κ1) is 8.57. The molecule has 2 rings (SSSR count). The topological polar surface area (TPSA) is 26.0 Å². The summed E-state index contributed by atoms with van der Waals surface area (Å²) in [6.07, 6.45) is 1.07. The van der Waals surface area contributed by atoms with E-state index in [2.05, 4.69) is 32.0 Å². The zero-order valence-electron chi connectivity index (χ0n) is 7.92. The van der Waals surface area contributed by atoms with Crippen LogP contribution < -0.4 is 5.73 Å². The van der Waals surface area contributed by atoms with Crippen LogP contribution in [0.4, 0.5) is 5.69 Å². The fourth-order valence-electron chi connectivity index (χ4n) is 1.51. The average Bonchev–Trinajstić information content (AvgIpc) is 2.43. The Morgan fingerprint density at radius 1 is 1.38 bits per heavy atom. The van der Waals surface area contributed by atoms with Crippen LogP contribution in [-0.2, 0) is 6.42 Å². The molecule has 2 N–H and O–H groups in total. The predicted molar refractivity (Wildman–Crippen MR) is 60.4 cm³/mol. The number of nitrogens with two attached hydrogens (primary N) is 1. The van der Waals surface area contributed by atoms with Gasteiger partial charge < -0.3 is 5.73 Å². The molecule has 68 valence electrons. The summed E-state index contributed by atoms with van der Waals surface area (Å²) in [5.74, 6) is 0. The van der Waals surface area contributed by atoms with Crippen LogP contribution in [0.15, 0.2) is 18.2 Å². The molecule has 0 atom stereocenters. The SMILES string of the molecule is CCc1ccc2sc(C)c(N)c2c1. The molecule has 2 aromatic rings. The number of thiophene rings is 1. The van der Waals surface area contributed by atoms with Crippen LogP contribution in [0.2, 0.25) is 0 Å². The van der Waals surface area contributed by atoms with Gasteiger partial charge in [0.15, 0.2) is 0 Å². The average molecular weight is 191 g/mol. The van der Waals surface area contributed by atoms with Crippen molar-refractivity contribution in [3.05, 3.63) is 28.6 Å². The number of benzene rings is 1. The van der Waals surface area contributed by atoms with Gasteiger partial charge in [0.25, 0.3) is 0 Å². The number of hydrogen-bond donors (Lipinski definition) is 1. The zero-order valence-corrected chi connectivity index (χ0v) is 8.74. The number of aryl methyl sites for hydroxylation is 2. The van der Waals surface area contributed by atoms with Gasteiger partial charge in [-0.15, -0.1) is 11.3 Å². The van der Waals surface area contributed by atoms with Gasteiger partial charge in [0.05, 0.1) is 5.69 Å². The van der Waals surface area contributed by atoms with Gasteiger partial charge in [-0.05, 0) is 31.0 Å². The molecule has 1 nitrogen and oxygen atoms in total. The van der Waals surface area contributed by atoms with Crippen molar-refractivity contribution in [2.24, 2.45) is 0 Å². The van der Waals surface area contributed by atoms with Crippen molar-refractivity contribution in [3.8, 4) is 0 Å². The fraction of sp³-hybridized carbons (Fsp3) is 0.273. The highest BCUT2D eigenvalue weighted by atomic mass is 32.1. The Balaban J connectivity index is 2.75. The molecule has 0 spiro atoms. The zero-order chi connectivity index (χ0) is 9.42.